The first-order valence-corrected chi connectivity index (χ1v) is 20.6. The first kappa shape index (κ1) is 35.9. The monoisotopic (exact) mass is 778 g/mol. The van der Waals surface area contributed by atoms with Crippen molar-refractivity contribution in [3.8, 4) is 84.4 Å². The molecule has 0 unspecified atom stereocenters. The SMILES string of the molecule is c1ccc(-c2nc(-c3ccccc3)nc(-c3ccccc3-n3c4ccccc4c4c(-c5ccccc5)c(-c5ccccc5)c(-c5ccccc5)c(-c5ccccc5)c43)n2)cc1. The molecule has 0 spiro atoms. The molecule has 0 radical (unpaired) electrons. The van der Waals surface area contributed by atoms with Crippen LogP contribution >= 0.6 is 0 Å². The van der Waals surface area contributed by atoms with Crippen LogP contribution in [-0.2, 0) is 0 Å². The van der Waals surface area contributed by atoms with Gasteiger partial charge in [-0.2, -0.15) is 0 Å². The summed E-state index contributed by atoms with van der Waals surface area (Å²) in [6.45, 7) is 0. The van der Waals surface area contributed by atoms with Gasteiger partial charge in [0, 0.05) is 44.2 Å². The van der Waals surface area contributed by atoms with Crippen LogP contribution in [0.15, 0.2) is 231 Å². The first-order valence-electron chi connectivity index (χ1n) is 20.6. The maximum absolute atomic E-state index is 5.26. The van der Waals surface area contributed by atoms with Gasteiger partial charge < -0.3 is 4.57 Å². The van der Waals surface area contributed by atoms with Gasteiger partial charge in [0.05, 0.1) is 16.7 Å². The second-order valence-corrected chi connectivity index (χ2v) is 15.1. The Morgan fingerprint density at radius 1 is 0.279 bits per heavy atom. The van der Waals surface area contributed by atoms with Gasteiger partial charge in [-0.15, -0.1) is 0 Å². The first-order chi connectivity index (χ1) is 30.3. The van der Waals surface area contributed by atoms with E-state index in [4.69, 9.17) is 15.0 Å². The minimum atomic E-state index is 0.600. The molecule has 0 aliphatic heterocycles. The Hall–Kier alpha value is -8.21. The number of nitrogens with zero attached hydrogens (tertiary/aromatic N) is 4. The second kappa shape index (κ2) is 15.5. The maximum Gasteiger partial charge on any atom is 0.166 e. The number of hydrogen-bond donors (Lipinski definition) is 0. The molecule has 4 heteroatoms. The summed E-state index contributed by atoms with van der Waals surface area (Å²) in [5, 5.41) is 2.34. The predicted molar refractivity (Wildman–Crippen MR) is 252 cm³/mol. The molecular formula is C57H38N4. The van der Waals surface area contributed by atoms with E-state index in [9.17, 15) is 0 Å². The molecule has 0 aliphatic rings. The molecule has 0 saturated heterocycles. The van der Waals surface area contributed by atoms with Gasteiger partial charge in [-0.05, 0) is 46.0 Å². The highest BCUT2D eigenvalue weighted by Crippen LogP contribution is 2.54. The van der Waals surface area contributed by atoms with Crippen molar-refractivity contribution in [3.63, 3.8) is 0 Å². The molecule has 0 N–H and O–H groups in total. The lowest BCUT2D eigenvalue weighted by Gasteiger charge is -2.24. The van der Waals surface area contributed by atoms with Gasteiger partial charge in [-0.3, -0.25) is 0 Å². The number of hydrogen-bond acceptors (Lipinski definition) is 3. The van der Waals surface area contributed by atoms with Gasteiger partial charge in [0.2, 0.25) is 0 Å². The van der Waals surface area contributed by atoms with Crippen molar-refractivity contribution in [1.82, 2.24) is 19.5 Å². The molecule has 0 bridgehead atoms. The molecule has 0 atom stereocenters. The van der Waals surface area contributed by atoms with E-state index in [-0.39, 0.29) is 0 Å². The van der Waals surface area contributed by atoms with Crippen molar-refractivity contribution in [2.75, 3.05) is 0 Å². The Labute approximate surface area is 354 Å². The molecule has 0 saturated carbocycles. The summed E-state index contributed by atoms with van der Waals surface area (Å²) in [4.78, 5) is 15.6. The number of para-hydroxylation sites is 2. The quantitative estimate of drug-likeness (QED) is 0.154. The Bertz CT molecular complexity index is 3250. The zero-order valence-electron chi connectivity index (χ0n) is 33.2. The van der Waals surface area contributed by atoms with Gasteiger partial charge in [0.25, 0.3) is 0 Å². The summed E-state index contributed by atoms with van der Waals surface area (Å²) in [5.41, 5.74) is 15.2. The van der Waals surface area contributed by atoms with Crippen LogP contribution in [0.25, 0.3) is 106 Å². The topological polar surface area (TPSA) is 43.6 Å². The molecule has 11 aromatic rings. The van der Waals surface area contributed by atoms with Crippen molar-refractivity contribution in [1.29, 1.82) is 0 Å². The predicted octanol–water partition coefficient (Wildman–Crippen LogP) is 14.6. The Morgan fingerprint density at radius 2 is 0.639 bits per heavy atom. The Morgan fingerprint density at radius 3 is 1.15 bits per heavy atom. The van der Waals surface area contributed by atoms with Crippen LogP contribution in [0.4, 0.5) is 0 Å². The zero-order chi connectivity index (χ0) is 40.5. The molecule has 0 aliphatic carbocycles. The van der Waals surface area contributed by atoms with E-state index in [0.29, 0.717) is 17.5 Å². The fraction of sp³-hybridized carbons (Fsp3) is 0. The molecule has 0 fully saturated rings. The van der Waals surface area contributed by atoms with Crippen molar-refractivity contribution in [3.05, 3.63) is 231 Å². The van der Waals surface area contributed by atoms with E-state index in [0.717, 1.165) is 66.6 Å². The van der Waals surface area contributed by atoms with Crippen molar-refractivity contribution >= 4 is 21.8 Å². The molecule has 61 heavy (non-hydrogen) atoms. The molecule has 286 valence electrons. The largest absolute Gasteiger partial charge is 0.308 e. The van der Waals surface area contributed by atoms with Crippen LogP contribution < -0.4 is 0 Å². The highest BCUT2D eigenvalue weighted by Gasteiger charge is 2.29. The standard InChI is InChI=1S/C57H38N4/c1-7-23-39(24-8-1)49-50(40-25-9-2-10-26-40)52(42-29-13-4-14-30-42)54-53(51(49)41-27-11-3-12-28-41)45-35-19-21-37-47(45)61(54)48-38-22-20-36-46(48)57-59-55(43-31-15-5-16-32-43)58-56(60-57)44-33-17-6-18-34-44/h1-38H. The summed E-state index contributed by atoms with van der Waals surface area (Å²) in [7, 11) is 0. The highest BCUT2D eigenvalue weighted by atomic mass is 15.1. The normalized spacial score (nSPS) is 11.3. The van der Waals surface area contributed by atoms with Gasteiger partial charge in [-0.1, -0.05) is 212 Å². The summed E-state index contributed by atoms with van der Waals surface area (Å²) in [6, 6.07) is 81.3. The van der Waals surface area contributed by atoms with Crippen LogP contribution in [0.5, 0.6) is 0 Å². The molecule has 0 amide bonds. The molecule has 2 aromatic heterocycles. The highest BCUT2D eigenvalue weighted by molar-refractivity contribution is 6.26. The van der Waals surface area contributed by atoms with Crippen molar-refractivity contribution in [2.45, 2.75) is 0 Å². The summed E-state index contributed by atoms with van der Waals surface area (Å²) < 4.78 is 2.46. The lowest BCUT2D eigenvalue weighted by Crippen LogP contribution is -2.05. The molecule has 2 heterocycles. The smallest absolute Gasteiger partial charge is 0.166 e. The average molecular weight is 779 g/mol. The minimum absolute atomic E-state index is 0.600. The molecule has 9 aromatic carbocycles. The molecule has 4 nitrogen and oxygen atoms in total. The number of benzene rings is 9. The lowest BCUT2D eigenvalue weighted by atomic mass is 9.80. The third kappa shape index (κ3) is 6.39. The van der Waals surface area contributed by atoms with E-state index >= 15 is 0 Å². The van der Waals surface area contributed by atoms with Crippen LogP contribution in [0, 0.1) is 0 Å². The summed E-state index contributed by atoms with van der Waals surface area (Å²) in [5.74, 6) is 1.84. The van der Waals surface area contributed by atoms with Crippen LogP contribution in [-0.4, -0.2) is 19.5 Å². The average Bonchev–Trinajstić information content (AvgIpc) is 3.69. The van der Waals surface area contributed by atoms with Gasteiger partial charge in [0.15, 0.2) is 17.5 Å². The fourth-order valence-electron chi connectivity index (χ4n) is 8.83. The number of fused-ring (bicyclic) bond motifs is 3. The van der Waals surface area contributed by atoms with Crippen LogP contribution in [0.3, 0.4) is 0 Å². The number of rotatable bonds is 8. The Kier molecular flexibility index (Phi) is 9.14. The third-order valence-corrected chi connectivity index (χ3v) is 11.4. The van der Waals surface area contributed by atoms with Crippen LogP contribution in [0.1, 0.15) is 0 Å². The maximum atomic E-state index is 5.26. The third-order valence-electron chi connectivity index (χ3n) is 11.4. The van der Waals surface area contributed by atoms with Gasteiger partial charge in [0.1, 0.15) is 0 Å². The van der Waals surface area contributed by atoms with Crippen LogP contribution in [0.2, 0.25) is 0 Å². The molecule has 11 rings (SSSR count). The van der Waals surface area contributed by atoms with E-state index < -0.39 is 0 Å². The van der Waals surface area contributed by atoms with Crippen molar-refractivity contribution < 1.29 is 0 Å². The minimum Gasteiger partial charge on any atom is -0.308 e. The van der Waals surface area contributed by atoms with E-state index in [2.05, 4.69) is 199 Å². The van der Waals surface area contributed by atoms with Crippen molar-refractivity contribution in [2.24, 2.45) is 0 Å². The van der Waals surface area contributed by atoms with E-state index in [1.165, 1.54) is 22.1 Å². The number of aromatic nitrogens is 4. The van der Waals surface area contributed by atoms with Gasteiger partial charge >= 0.3 is 0 Å². The van der Waals surface area contributed by atoms with Gasteiger partial charge in [-0.25, -0.2) is 15.0 Å². The van der Waals surface area contributed by atoms with E-state index in [1.54, 1.807) is 0 Å². The second-order valence-electron chi connectivity index (χ2n) is 15.1. The summed E-state index contributed by atoms with van der Waals surface area (Å²) >= 11 is 0. The fourth-order valence-corrected chi connectivity index (χ4v) is 8.83. The summed E-state index contributed by atoms with van der Waals surface area (Å²) in [6.07, 6.45) is 0. The lowest BCUT2D eigenvalue weighted by molar-refractivity contribution is 1.06. The molecular weight excluding hydrogens is 741 g/mol. The zero-order valence-corrected chi connectivity index (χ0v) is 33.2. The Balaban J connectivity index is 1.34. The van der Waals surface area contributed by atoms with E-state index in [1.807, 2.05) is 36.4 Å².